The average Bonchev–Trinajstić information content (AvgIpc) is 3.62. The van der Waals surface area contributed by atoms with E-state index in [1.807, 2.05) is 122 Å². The van der Waals surface area contributed by atoms with Crippen molar-refractivity contribution >= 4 is 52.2 Å². The molecule has 0 unspecified atom stereocenters. The van der Waals surface area contributed by atoms with E-state index < -0.39 is 59.7 Å². The first-order valence-corrected chi connectivity index (χ1v) is 19.9. The number of aromatic amines is 1. The lowest BCUT2D eigenvalue weighted by Gasteiger charge is -2.27. The van der Waals surface area contributed by atoms with Crippen molar-refractivity contribution in [1.29, 1.82) is 0 Å². The molecule has 0 radical (unpaired) electrons. The second-order valence-electron chi connectivity index (χ2n) is 13.7. The third-order valence-corrected chi connectivity index (χ3v) is 10.1. The molecular formula is C43H49N7O5S. The van der Waals surface area contributed by atoms with E-state index >= 15 is 0 Å². The smallest absolute Gasteiger partial charge is 0.243 e. The van der Waals surface area contributed by atoms with Crippen LogP contribution in [0.5, 0.6) is 0 Å². The Morgan fingerprint density at radius 1 is 0.571 bits per heavy atom. The Balaban J connectivity index is 1.41. The number of aromatic nitrogens is 1. The average molecular weight is 776 g/mol. The highest BCUT2D eigenvalue weighted by molar-refractivity contribution is 7.98. The summed E-state index contributed by atoms with van der Waals surface area (Å²) < 4.78 is 0. The van der Waals surface area contributed by atoms with E-state index in [1.54, 1.807) is 6.20 Å². The summed E-state index contributed by atoms with van der Waals surface area (Å²) in [6, 6.07) is 30.0. The molecule has 4 aromatic carbocycles. The van der Waals surface area contributed by atoms with Crippen LogP contribution in [-0.2, 0) is 49.7 Å². The standard InChI is InChI=1S/C43H49N7O5S/c1-56-22-21-35(39(45)51)47-41(53)36(24-29-15-7-3-8-16-29)49-42(54)37(25-30-17-9-4-10-18-30)50-43(55)38(26-31-27-46-34-20-12-11-19-32(31)34)48-40(52)33(44)23-28-13-5-2-6-14-28/h2-20,27,33,35-38,46H,21-26,44H2,1H3,(H2,45,51)(H,47,53)(H,48,52)(H,49,54)(H,50,55)/t33-,35+,36+,37-,38+/m1/s1. The lowest BCUT2D eigenvalue weighted by molar-refractivity contribution is -0.134. The molecule has 1 aromatic heterocycles. The summed E-state index contributed by atoms with van der Waals surface area (Å²) in [7, 11) is 0. The van der Waals surface area contributed by atoms with Crippen LogP contribution in [0.25, 0.3) is 10.9 Å². The molecule has 0 aliphatic carbocycles. The maximum atomic E-state index is 14.4. The SMILES string of the molecule is CSCC[C@H](NC(=O)[C@H](Cc1ccccc1)NC(=O)[C@@H](Cc1ccccc1)NC(=O)[C@H](Cc1c[nH]c2ccccc12)NC(=O)[C@H](N)Cc1ccccc1)C(N)=O. The number of nitrogens with two attached hydrogens (primary N) is 2. The zero-order valence-electron chi connectivity index (χ0n) is 31.3. The summed E-state index contributed by atoms with van der Waals surface area (Å²) in [6.45, 7) is 0. The Bertz CT molecular complexity index is 2060. The summed E-state index contributed by atoms with van der Waals surface area (Å²) in [4.78, 5) is 71.5. The number of rotatable bonds is 20. The summed E-state index contributed by atoms with van der Waals surface area (Å²) in [6.07, 6.45) is 4.54. The molecule has 0 bridgehead atoms. The number of primary amides is 1. The number of H-pyrrole nitrogens is 1. The molecule has 0 saturated carbocycles. The molecule has 0 fully saturated rings. The fourth-order valence-electron chi connectivity index (χ4n) is 6.43. The second kappa shape index (κ2) is 20.7. The van der Waals surface area contributed by atoms with Crippen molar-refractivity contribution in [3.63, 3.8) is 0 Å². The van der Waals surface area contributed by atoms with E-state index in [2.05, 4.69) is 26.3 Å². The second-order valence-corrected chi connectivity index (χ2v) is 14.7. The Hall–Kier alpha value is -5.92. The summed E-state index contributed by atoms with van der Waals surface area (Å²) >= 11 is 1.51. The maximum Gasteiger partial charge on any atom is 0.243 e. The largest absolute Gasteiger partial charge is 0.368 e. The van der Waals surface area contributed by atoms with Crippen LogP contribution in [0.2, 0.25) is 0 Å². The van der Waals surface area contributed by atoms with Crippen LogP contribution < -0.4 is 32.7 Å². The normalized spacial score (nSPS) is 13.8. The topological polar surface area (TPSA) is 201 Å². The van der Waals surface area contributed by atoms with Crippen molar-refractivity contribution in [2.24, 2.45) is 11.5 Å². The van der Waals surface area contributed by atoms with Gasteiger partial charge in [0.25, 0.3) is 0 Å². The van der Waals surface area contributed by atoms with E-state index in [0.717, 1.165) is 33.2 Å². The quantitative estimate of drug-likeness (QED) is 0.0630. The minimum absolute atomic E-state index is 0.0804. The van der Waals surface area contributed by atoms with Crippen molar-refractivity contribution in [2.45, 2.75) is 62.3 Å². The Kier molecular flexibility index (Phi) is 15.2. The lowest BCUT2D eigenvalue weighted by atomic mass is 10.00. The van der Waals surface area contributed by atoms with Crippen molar-refractivity contribution < 1.29 is 24.0 Å². The molecule has 1 heterocycles. The predicted molar refractivity (Wildman–Crippen MR) is 220 cm³/mol. The van der Waals surface area contributed by atoms with E-state index in [-0.39, 0.29) is 25.7 Å². The highest BCUT2D eigenvalue weighted by Gasteiger charge is 2.32. The van der Waals surface area contributed by atoms with Gasteiger partial charge < -0.3 is 37.7 Å². The molecule has 0 aliphatic heterocycles. The van der Waals surface area contributed by atoms with Crippen LogP contribution in [0.4, 0.5) is 0 Å². The number of carbonyl (C=O) groups is 5. The molecule has 0 aliphatic rings. The molecule has 13 heteroatoms. The third kappa shape index (κ3) is 12.0. The highest BCUT2D eigenvalue weighted by Crippen LogP contribution is 2.20. The van der Waals surface area contributed by atoms with E-state index in [0.29, 0.717) is 12.2 Å². The minimum atomic E-state index is -1.17. The zero-order valence-corrected chi connectivity index (χ0v) is 32.1. The molecule has 12 nitrogen and oxygen atoms in total. The first kappa shape index (κ1) is 41.2. The van der Waals surface area contributed by atoms with Crippen LogP contribution in [0.3, 0.4) is 0 Å². The molecule has 5 rings (SSSR count). The van der Waals surface area contributed by atoms with Gasteiger partial charge in [-0.25, -0.2) is 0 Å². The number of fused-ring (bicyclic) bond motifs is 1. The number of thioether (sulfide) groups is 1. The van der Waals surface area contributed by atoms with Crippen molar-refractivity contribution in [2.75, 3.05) is 12.0 Å². The predicted octanol–water partition coefficient (Wildman–Crippen LogP) is 2.94. The molecule has 5 aromatic rings. The van der Waals surface area contributed by atoms with Crippen LogP contribution >= 0.6 is 11.8 Å². The third-order valence-electron chi connectivity index (χ3n) is 9.47. The molecule has 292 valence electrons. The van der Waals surface area contributed by atoms with Crippen LogP contribution in [0, 0.1) is 0 Å². The van der Waals surface area contributed by atoms with Gasteiger partial charge in [-0.05, 0) is 53.2 Å². The summed E-state index contributed by atoms with van der Waals surface area (Å²) in [5.41, 5.74) is 16.0. The van der Waals surface area contributed by atoms with E-state index in [9.17, 15) is 24.0 Å². The van der Waals surface area contributed by atoms with Crippen LogP contribution in [-0.4, -0.2) is 76.7 Å². The van der Waals surface area contributed by atoms with Gasteiger partial charge in [0, 0.05) is 36.4 Å². The first-order valence-electron chi connectivity index (χ1n) is 18.5. The fourth-order valence-corrected chi connectivity index (χ4v) is 6.90. The molecule has 5 atom stereocenters. The van der Waals surface area contributed by atoms with Gasteiger partial charge in [-0.1, -0.05) is 109 Å². The Morgan fingerprint density at radius 3 is 1.50 bits per heavy atom. The molecule has 5 amide bonds. The Labute approximate surface area is 331 Å². The van der Waals surface area contributed by atoms with Gasteiger partial charge in [-0.15, -0.1) is 0 Å². The van der Waals surface area contributed by atoms with Gasteiger partial charge >= 0.3 is 0 Å². The zero-order chi connectivity index (χ0) is 39.9. The summed E-state index contributed by atoms with van der Waals surface area (Å²) in [5, 5.41) is 12.2. The maximum absolute atomic E-state index is 14.4. The number of nitrogens with one attached hydrogen (secondary N) is 5. The van der Waals surface area contributed by atoms with E-state index in [1.165, 1.54) is 11.8 Å². The van der Waals surface area contributed by atoms with Gasteiger partial charge in [0.2, 0.25) is 29.5 Å². The molecule has 0 spiro atoms. The monoisotopic (exact) mass is 775 g/mol. The lowest BCUT2D eigenvalue weighted by Crippen LogP contribution is -2.60. The van der Waals surface area contributed by atoms with Crippen molar-refractivity contribution in [3.05, 3.63) is 144 Å². The first-order chi connectivity index (χ1) is 27.1. The fraction of sp³-hybridized carbons (Fsp3) is 0.279. The summed E-state index contributed by atoms with van der Waals surface area (Å²) in [5.74, 6) is -2.45. The molecule has 56 heavy (non-hydrogen) atoms. The number of hydrogen-bond donors (Lipinski definition) is 7. The van der Waals surface area contributed by atoms with Crippen molar-refractivity contribution in [1.82, 2.24) is 26.3 Å². The minimum Gasteiger partial charge on any atom is -0.368 e. The number of hydrogen-bond acceptors (Lipinski definition) is 7. The van der Waals surface area contributed by atoms with Crippen molar-refractivity contribution in [3.8, 4) is 0 Å². The van der Waals surface area contributed by atoms with Gasteiger partial charge in [-0.3, -0.25) is 24.0 Å². The highest BCUT2D eigenvalue weighted by atomic mass is 32.2. The van der Waals surface area contributed by atoms with Crippen LogP contribution in [0.1, 0.15) is 28.7 Å². The number of para-hydroxylation sites is 1. The van der Waals surface area contributed by atoms with Gasteiger partial charge in [-0.2, -0.15) is 11.8 Å². The van der Waals surface area contributed by atoms with Gasteiger partial charge in [0.15, 0.2) is 0 Å². The number of amides is 5. The molecule has 9 N–H and O–H groups in total. The van der Waals surface area contributed by atoms with E-state index in [4.69, 9.17) is 11.5 Å². The van der Waals surface area contributed by atoms with Gasteiger partial charge in [0.05, 0.1) is 6.04 Å². The molecular weight excluding hydrogens is 727 g/mol. The molecule has 0 saturated heterocycles. The Morgan fingerprint density at radius 2 is 1.00 bits per heavy atom. The number of benzene rings is 4. The van der Waals surface area contributed by atoms with Crippen LogP contribution in [0.15, 0.2) is 121 Å². The number of carbonyl (C=O) groups excluding carboxylic acids is 5. The van der Waals surface area contributed by atoms with Gasteiger partial charge in [0.1, 0.15) is 24.2 Å².